The molecule has 154 valence electrons. The van der Waals surface area contributed by atoms with E-state index < -0.39 is 17.5 Å². The fraction of sp³-hybridized carbons (Fsp3) is 0.421. The fourth-order valence-corrected chi connectivity index (χ4v) is 3.30. The molecule has 29 heavy (non-hydrogen) atoms. The lowest BCUT2D eigenvalue weighted by atomic mass is 9.89. The summed E-state index contributed by atoms with van der Waals surface area (Å²) in [7, 11) is 1.80. The average Bonchev–Trinajstić information content (AvgIpc) is 2.66. The lowest BCUT2D eigenvalue weighted by Crippen LogP contribution is -2.45. The smallest absolute Gasteiger partial charge is 0.246 e. The van der Waals surface area contributed by atoms with Gasteiger partial charge in [-0.2, -0.15) is 4.98 Å². The minimum Gasteiger partial charge on any atom is -0.373 e. The number of benzene rings is 1. The van der Waals surface area contributed by atoms with Crippen LogP contribution in [0.2, 0.25) is 0 Å². The zero-order valence-corrected chi connectivity index (χ0v) is 15.9. The predicted octanol–water partition coefficient (Wildman–Crippen LogP) is 2.83. The summed E-state index contributed by atoms with van der Waals surface area (Å²) in [5.74, 6) is -2.95. The summed E-state index contributed by atoms with van der Waals surface area (Å²) in [6.45, 7) is 1.80. The lowest BCUT2D eigenvalue weighted by Gasteiger charge is -2.36. The molecule has 1 atom stereocenters. The molecule has 0 radical (unpaired) electrons. The number of carbonyl (C=O) groups is 1. The SMILES string of the molecule is C[C@H]1C(=O)Nc2cnc(N[C@H]3C[C@H](OCc4cc(F)c(F)c(F)c4)C3)nc2N1C. The Labute approximate surface area is 165 Å². The van der Waals surface area contributed by atoms with Crippen LogP contribution in [0, 0.1) is 17.5 Å². The van der Waals surface area contributed by atoms with E-state index in [2.05, 4.69) is 20.6 Å². The van der Waals surface area contributed by atoms with Gasteiger partial charge in [0.25, 0.3) is 0 Å². The Morgan fingerprint density at radius 3 is 2.66 bits per heavy atom. The molecule has 1 aromatic carbocycles. The number of hydrogen-bond donors (Lipinski definition) is 2. The second kappa shape index (κ2) is 7.51. The number of nitrogens with one attached hydrogen (secondary N) is 2. The van der Waals surface area contributed by atoms with E-state index in [1.54, 1.807) is 25.1 Å². The van der Waals surface area contributed by atoms with E-state index in [9.17, 15) is 18.0 Å². The Hall–Kier alpha value is -2.88. The molecule has 7 nitrogen and oxygen atoms in total. The van der Waals surface area contributed by atoms with Gasteiger partial charge in [-0.3, -0.25) is 4.79 Å². The van der Waals surface area contributed by atoms with Crippen molar-refractivity contribution in [1.82, 2.24) is 9.97 Å². The van der Waals surface area contributed by atoms with Crippen LogP contribution in [0.25, 0.3) is 0 Å². The van der Waals surface area contributed by atoms with Crippen molar-refractivity contribution in [2.75, 3.05) is 22.6 Å². The topological polar surface area (TPSA) is 79.4 Å². The molecule has 0 bridgehead atoms. The third-order valence-electron chi connectivity index (χ3n) is 5.28. The van der Waals surface area contributed by atoms with Gasteiger partial charge in [0.1, 0.15) is 11.7 Å². The first-order valence-corrected chi connectivity index (χ1v) is 9.24. The average molecular weight is 407 g/mol. The molecule has 1 fully saturated rings. The number of fused-ring (bicyclic) bond motifs is 1. The Morgan fingerprint density at radius 2 is 1.97 bits per heavy atom. The van der Waals surface area contributed by atoms with Gasteiger partial charge < -0.3 is 20.3 Å². The van der Waals surface area contributed by atoms with Crippen LogP contribution < -0.4 is 15.5 Å². The molecule has 2 aliphatic rings. The number of halogens is 3. The molecule has 1 aromatic heterocycles. The van der Waals surface area contributed by atoms with E-state index in [-0.39, 0.29) is 36.3 Å². The van der Waals surface area contributed by atoms with Crippen molar-refractivity contribution in [1.29, 1.82) is 0 Å². The predicted molar refractivity (Wildman–Crippen MR) is 100 cm³/mol. The summed E-state index contributed by atoms with van der Waals surface area (Å²) in [4.78, 5) is 22.3. The maximum absolute atomic E-state index is 13.2. The number of rotatable bonds is 5. The Kier molecular flexibility index (Phi) is 5.03. The van der Waals surface area contributed by atoms with E-state index in [4.69, 9.17) is 4.74 Å². The normalized spacial score (nSPS) is 23.3. The number of nitrogens with zero attached hydrogens (tertiary/aromatic N) is 3. The van der Waals surface area contributed by atoms with Crippen molar-refractivity contribution < 1.29 is 22.7 Å². The van der Waals surface area contributed by atoms with Gasteiger partial charge in [-0.05, 0) is 37.5 Å². The molecular weight excluding hydrogens is 387 g/mol. The minimum absolute atomic E-state index is 0.00321. The monoisotopic (exact) mass is 407 g/mol. The summed E-state index contributed by atoms with van der Waals surface area (Å²) < 4.78 is 45.1. The first-order valence-electron chi connectivity index (χ1n) is 9.24. The van der Waals surface area contributed by atoms with E-state index in [0.29, 0.717) is 30.3 Å². The van der Waals surface area contributed by atoms with Gasteiger partial charge in [-0.1, -0.05) is 0 Å². The summed E-state index contributed by atoms with van der Waals surface area (Å²) in [5.41, 5.74) is 0.810. The molecule has 0 saturated heterocycles. The van der Waals surface area contributed by atoms with Crippen LogP contribution in [-0.2, 0) is 16.1 Å². The van der Waals surface area contributed by atoms with Gasteiger partial charge in [0.05, 0.1) is 18.9 Å². The highest BCUT2D eigenvalue weighted by atomic mass is 19.2. The molecule has 2 heterocycles. The van der Waals surface area contributed by atoms with Crippen molar-refractivity contribution >= 4 is 23.4 Å². The van der Waals surface area contributed by atoms with E-state index >= 15 is 0 Å². The van der Waals surface area contributed by atoms with Crippen molar-refractivity contribution in [3.63, 3.8) is 0 Å². The summed E-state index contributed by atoms with van der Waals surface area (Å²) in [5, 5.41) is 5.99. The number of carbonyl (C=O) groups excluding carboxylic acids is 1. The minimum atomic E-state index is -1.48. The molecule has 0 spiro atoms. The number of anilines is 3. The quantitative estimate of drug-likeness (QED) is 0.742. The summed E-state index contributed by atoms with van der Waals surface area (Å²) >= 11 is 0. The zero-order chi connectivity index (χ0) is 20.7. The van der Waals surface area contributed by atoms with Crippen LogP contribution in [0.5, 0.6) is 0 Å². The third-order valence-corrected chi connectivity index (χ3v) is 5.28. The lowest BCUT2D eigenvalue weighted by molar-refractivity contribution is -0.117. The first kappa shape index (κ1) is 19.4. The van der Waals surface area contributed by atoms with Crippen LogP contribution in [0.1, 0.15) is 25.3 Å². The molecule has 2 aromatic rings. The maximum atomic E-state index is 13.2. The largest absolute Gasteiger partial charge is 0.373 e. The summed E-state index contributed by atoms with van der Waals surface area (Å²) in [6, 6.07) is 1.64. The van der Waals surface area contributed by atoms with Crippen LogP contribution in [0.4, 0.5) is 30.6 Å². The van der Waals surface area contributed by atoms with Gasteiger partial charge in [0.2, 0.25) is 11.9 Å². The van der Waals surface area contributed by atoms with Crippen LogP contribution in [0.15, 0.2) is 18.3 Å². The maximum Gasteiger partial charge on any atom is 0.246 e. The fourth-order valence-electron chi connectivity index (χ4n) is 3.30. The van der Waals surface area contributed by atoms with Crippen molar-refractivity contribution in [2.24, 2.45) is 0 Å². The van der Waals surface area contributed by atoms with Crippen LogP contribution in [-0.4, -0.2) is 41.1 Å². The second-order valence-corrected chi connectivity index (χ2v) is 7.33. The van der Waals surface area contributed by atoms with E-state index in [1.165, 1.54) is 0 Å². The van der Waals surface area contributed by atoms with Crippen molar-refractivity contribution in [2.45, 2.75) is 44.6 Å². The molecule has 4 rings (SSSR count). The number of amides is 1. The molecule has 1 saturated carbocycles. The van der Waals surface area contributed by atoms with Gasteiger partial charge in [-0.25, -0.2) is 18.2 Å². The van der Waals surface area contributed by atoms with Crippen molar-refractivity contribution in [3.05, 3.63) is 41.3 Å². The highest BCUT2D eigenvalue weighted by molar-refractivity contribution is 6.02. The molecular formula is C19H20F3N5O2. The molecule has 10 heteroatoms. The Bertz CT molecular complexity index is 928. The zero-order valence-electron chi connectivity index (χ0n) is 15.9. The molecule has 1 amide bonds. The van der Waals surface area contributed by atoms with Crippen LogP contribution >= 0.6 is 0 Å². The van der Waals surface area contributed by atoms with Gasteiger partial charge in [0.15, 0.2) is 23.3 Å². The molecule has 2 N–H and O–H groups in total. The van der Waals surface area contributed by atoms with Gasteiger partial charge in [-0.15, -0.1) is 0 Å². The number of hydrogen-bond acceptors (Lipinski definition) is 6. The van der Waals surface area contributed by atoms with Crippen LogP contribution in [0.3, 0.4) is 0 Å². The molecule has 1 aliphatic heterocycles. The number of aromatic nitrogens is 2. The van der Waals surface area contributed by atoms with Crippen molar-refractivity contribution in [3.8, 4) is 0 Å². The van der Waals surface area contributed by atoms with E-state index in [0.717, 1.165) is 12.1 Å². The molecule has 1 aliphatic carbocycles. The number of ether oxygens (including phenoxy) is 1. The Morgan fingerprint density at radius 1 is 1.28 bits per heavy atom. The Balaban J connectivity index is 1.30. The van der Waals surface area contributed by atoms with E-state index in [1.807, 2.05) is 0 Å². The van der Waals surface area contributed by atoms with Gasteiger partial charge >= 0.3 is 0 Å². The third kappa shape index (κ3) is 3.84. The van der Waals surface area contributed by atoms with Gasteiger partial charge in [0, 0.05) is 13.1 Å². The highest BCUT2D eigenvalue weighted by Crippen LogP contribution is 2.31. The standard InChI is InChI=1S/C19H20F3N5O2/c1-9-18(28)25-15-7-23-19(26-17(15)27(9)2)24-11-5-12(6-11)29-8-10-3-13(20)16(22)14(21)4-10/h3-4,7,9,11-12H,5-6,8H2,1-2H3,(H,25,28)(H,23,24,26)/t9-,11-,12-/m0/s1. The molecule has 0 unspecified atom stereocenters. The number of likely N-dealkylation sites (N-methyl/N-ethyl adjacent to an activating group) is 1. The summed E-state index contributed by atoms with van der Waals surface area (Å²) in [6.07, 6.45) is 2.84. The first-order chi connectivity index (χ1) is 13.8. The second-order valence-electron chi connectivity index (χ2n) is 7.33. The highest BCUT2D eigenvalue weighted by Gasteiger charge is 2.32.